The minimum absolute atomic E-state index is 0.384. The second kappa shape index (κ2) is 10.7. The third kappa shape index (κ3) is 6.76. The quantitative estimate of drug-likeness (QED) is 0.305. The summed E-state index contributed by atoms with van der Waals surface area (Å²) in [6, 6.07) is 17.3. The lowest BCUT2D eigenvalue weighted by Gasteiger charge is -2.13. The maximum absolute atomic E-state index is 11.9. The van der Waals surface area contributed by atoms with Crippen molar-refractivity contribution >= 4 is 32.3 Å². The number of rotatable bonds is 8. The molecule has 8 heteroatoms. The molecule has 1 unspecified atom stereocenters. The highest BCUT2D eigenvalue weighted by Crippen LogP contribution is 2.23. The first-order valence-electron chi connectivity index (χ1n) is 10.1. The fourth-order valence-corrected chi connectivity index (χ4v) is 3.70. The zero-order chi connectivity index (χ0) is 23.0. The molecule has 0 amide bonds. The molecule has 32 heavy (non-hydrogen) atoms. The van der Waals surface area contributed by atoms with Gasteiger partial charge in [-0.1, -0.05) is 48.5 Å². The van der Waals surface area contributed by atoms with Crippen LogP contribution in [0.4, 0.5) is 11.6 Å². The van der Waals surface area contributed by atoms with Gasteiger partial charge in [-0.25, -0.2) is 9.97 Å². The lowest BCUT2D eigenvalue weighted by molar-refractivity contribution is 0.213. The Hall–Kier alpha value is -3.49. The number of allylic oxidation sites excluding steroid dienone is 3. The number of benzene rings is 2. The largest absolute Gasteiger partial charge is 0.489 e. The number of hydrogen-bond acceptors (Lipinski definition) is 6. The van der Waals surface area contributed by atoms with Gasteiger partial charge in [0.15, 0.2) is 5.82 Å². The smallest absolute Gasteiger partial charge is 0.230 e. The molecule has 2 aromatic carbocycles. The fraction of sp³-hybridized carbons (Fsp3) is 0.167. The Labute approximate surface area is 189 Å². The molecule has 0 aliphatic rings. The van der Waals surface area contributed by atoms with Crippen molar-refractivity contribution in [2.45, 2.75) is 20.5 Å². The van der Waals surface area contributed by atoms with Crippen LogP contribution in [-0.4, -0.2) is 30.8 Å². The lowest BCUT2D eigenvalue weighted by atomic mass is 10.2. The second-order valence-electron chi connectivity index (χ2n) is 7.10. The third-order valence-electron chi connectivity index (χ3n) is 4.38. The average Bonchev–Trinajstić information content (AvgIpc) is 2.76. The summed E-state index contributed by atoms with van der Waals surface area (Å²) in [5.74, 6) is 1.56. The zero-order valence-electron chi connectivity index (χ0n) is 18.4. The van der Waals surface area contributed by atoms with Crippen molar-refractivity contribution in [2.24, 2.45) is 5.14 Å². The Morgan fingerprint density at radius 1 is 1.09 bits per heavy atom. The number of hydrogen-bond donors (Lipinski definition) is 2. The molecule has 1 heterocycles. The minimum Gasteiger partial charge on any atom is -0.489 e. The molecular formula is C24H27N5O2S. The van der Waals surface area contributed by atoms with Crippen LogP contribution < -0.4 is 10.5 Å². The summed E-state index contributed by atoms with van der Waals surface area (Å²) in [7, 11) is -2.50. The van der Waals surface area contributed by atoms with Gasteiger partial charge in [0.25, 0.3) is 0 Å². The van der Waals surface area contributed by atoms with E-state index in [0.717, 1.165) is 22.4 Å². The number of ether oxygens (including phenoxy) is 1. The highest BCUT2D eigenvalue weighted by molar-refractivity contribution is 7.98. The first kappa shape index (κ1) is 23.2. The van der Waals surface area contributed by atoms with E-state index in [1.54, 1.807) is 0 Å². The summed E-state index contributed by atoms with van der Waals surface area (Å²) in [6.45, 7) is 4.27. The number of aromatic nitrogens is 3. The maximum atomic E-state index is 11.9. The van der Waals surface area contributed by atoms with Crippen molar-refractivity contribution in [1.82, 2.24) is 15.0 Å². The molecule has 0 saturated carbocycles. The molecule has 0 aliphatic carbocycles. The highest BCUT2D eigenvalue weighted by Gasteiger charge is 2.13. The normalized spacial score (nSPS) is 13.9. The van der Waals surface area contributed by atoms with Crippen molar-refractivity contribution in [2.75, 3.05) is 11.6 Å². The summed E-state index contributed by atoms with van der Waals surface area (Å²) >= 11 is 0. The van der Waals surface area contributed by atoms with E-state index in [1.165, 1.54) is 18.0 Å². The van der Waals surface area contributed by atoms with Crippen molar-refractivity contribution in [1.29, 1.82) is 0 Å². The molecule has 166 valence electrons. The molecule has 0 spiro atoms. The molecule has 1 aromatic heterocycles. The van der Waals surface area contributed by atoms with Crippen LogP contribution >= 0.6 is 0 Å². The Bertz CT molecular complexity index is 1240. The predicted octanol–water partition coefficient (Wildman–Crippen LogP) is 4.08. The van der Waals surface area contributed by atoms with Gasteiger partial charge in [-0.2, -0.15) is 4.98 Å². The molecule has 0 bridgehead atoms. The van der Waals surface area contributed by atoms with Crippen molar-refractivity contribution < 1.29 is 8.95 Å². The molecule has 0 fully saturated rings. The van der Waals surface area contributed by atoms with Crippen LogP contribution in [0.15, 0.2) is 78.8 Å². The molecular weight excluding hydrogens is 422 g/mol. The minimum atomic E-state index is -2.50. The summed E-state index contributed by atoms with van der Waals surface area (Å²) in [5.41, 5.74) is 3.34. The van der Waals surface area contributed by atoms with E-state index in [2.05, 4.69) is 20.3 Å². The maximum Gasteiger partial charge on any atom is 0.230 e. The summed E-state index contributed by atoms with van der Waals surface area (Å²) < 4.78 is 17.9. The van der Waals surface area contributed by atoms with Crippen LogP contribution in [0.2, 0.25) is 0 Å². The van der Waals surface area contributed by atoms with Gasteiger partial charge in [0.2, 0.25) is 5.95 Å². The van der Waals surface area contributed by atoms with Gasteiger partial charge in [-0.15, -0.1) is 0 Å². The van der Waals surface area contributed by atoms with Gasteiger partial charge >= 0.3 is 0 Å². The zero-order valence-corrected chi connectivity index (χ0v) is 19.2. The summed E-state index contributed by atoms with van der Waals surface area (Å²) in [4.78, 5) is 13.1. The first-order chi connectivity index (χ1) is 15.4. The Morgan fingerprint density at radius 3 is 2.56 bits per heavy atom. The number of nitrogens with one attached hydrogen (secondary N) is 1. The predicted molar refractivity (Wildman–Crippen MR) is 132 cm³/mol. The van der Waals surface area contributed by atoms with Crippen LogP contribution in [0.1, 0.15) is 30.8 Å². The fourth-order valence-electron chi connectivity index (χ4n) is 3.01. The van der Waals surface area contributed by atoms with Crippen LogP contribution in [0.25, 0.3) is 5.57 Å². The van der Waals surface area contributed by atoms with Crippen LogP contribution in [0.3, 0.4) is 0 Å². The number of nitrogens with two attached hydrogens (primary N) is 1. The van der Waals surface area contributed by atoms with Gasteiger partial charge in [0.1, 0.15) is 18.7 Å². The first-order valence-corrected chi connectivity index (χ1v) is 12.1. The van der Waals surface area contributed by atoms with Gasteiger partial charge in [0.05, 0.1) is 5.57 Å². The topological polar surface area (TPSA) is 103 Å². The van der Waals surface area contributed by atoms with E-state index in [-0.39, 0.29) is 0 Å². The van der Waals surface area contributed by atoms with Crippen molar-refractivity contribution in [3.8, 4) is 0 Å². The summed E-state index contributed by atoms with van der Waals surface area (Å²) in [6.07, 6.45) is 6.74. The number of anilines is 2. The highest BCUT2D eigenvalue weighted by atomic mass is 32.2. The molecule has 3 aromatic rings. The van der Waals surface area contributed by atoms with E-state index < -0.39 is 9.71 Å². The van der Waals surface area contributed by atoms with Gasteiger partial charge in [-0.3, -0.25) is 9.35 Å². The molecule has 3 rings (SSSR count). The van der Waals surface area contributed by atoms with Crippen LogP contribution in [0, 0.1) is 0 Å². The average molecular weight is 450 g/mol. The van der Waals surface area contributed by atoms with E-state index in [0.29, 0.717) is 24.1 Å². The van der Waals surface area contributed by atoms with Crippen LogP contribution in [-0.2, 0) is 21.1 Å². The van der Waals surface area contributed by atoms with Gasteiger partial charge in [0, 0.05) is 27.0 Å². The SMILES string of the molecule is CC=C(OCc1ccccc1)/C(=C\C)c1ncnc(Nc2cccc(C=S(C)(N)=O)c2)n1. The molecule has 0 aliphatic heterocycles. The second-order valence-corrected chi connectivity index (χ2v) is 9.27. The Kier molecular flexibility index (Phi) is 7.75. The molecule has 7 nitrogen and oxygen atoms in total. The monoisotopic (exact) mass is 449 g/mol. The van der Waals surface area contributed by atoms with Gasteiger partial charge in [-0.05, 0) is 43.2 Å². The Morgan fingerprint density at radius 2 is 1.88 bits per heavy atom. The third-order valence-corrected chi connectivity index (χ3v) is 5.12. The van der Waals surface area contributed by atoms with E-state index in [4.69, 9.17) is 9.88 Å². The molecule has 3 N–H and O–H groups in total. The van der Waals surface area contributed by atoms with E-state index in [1.807, 2.05) is 80.6 Å². The summed E-state index contributed by atoms with van der Waals surface area (Å²) in [5, 5.41) is 10.3. The van der Waals surface area contributed by atoms with E-state index >= 15 is 0 Å². The lowest BCUT2D eigenvalue weighted by Crippen LogP contribution is -2.13. The molecule has 1 atom stereocenters. The molecule has 0 radical (unpaired) electrons. The van der Waals surface area contributed by atoms with Gasteiger partial charge < -0.3 is 10.1 Å². The van der Waals surface area contributed by atoms with E-state index in [9.17, 15) is 4.21 Å². The standard InChI is InChI=1S/C24H27N5O2S/c1-4-21(22(5-2)31-15-18-10-7-6-8-11-18)23-26-17-27-24(29-23)28-20-13-9-12-19(14-20)16-32(3,25)30/h4-14,16-17H,15H2,1-3H3,(H2,25,30)(H,26,27,28,29)/b21-4+,22-5?. The van der Waals surface area contributed by atoms with Crippen molar-refractivity contribution in [3.63, 3.8) is 0 Å². The molecule has 0 saturated heterocycles. The van der Waals surface area contributed by atoms with Crippen molar-refractivity contribution in [3.05, 3.63) is 95.8 Å². The number of nitrogens with zero attached hydrogens (tertiary/aromatic N) is 3. The van der Waals surface area contributed by atoms with Crippen LogP contribution in [0.5, 0.6) is 0 Å². The Balaban J connectivity index is 1.79.